The van der Waals surface area contributed by atoms with Gasteiger partial charge in [-0.3, -0.25) is 9.59 Å². The van der Waals surface area contributed by atoms with E-state index in [0.29, 0.717) is 13.1 Å². The molecule has 0 radical (unpaired) electrons. The highest BCUT2D eigenvalue weighted by molar-refractivity contribution is 5.88. The van der Waals surface area contributed by atoms with Crippen LogP contribution in [0, 0.1) is 23.2 Å². The SMILES string of the molecule is C[C@H]1CN(C(=O)CNC(=O)C23CC4CC(CC(C4)C2)C3)C[C@H](C)O1. The summed E-state index contributed by atoms with van der Waals surface area (Å²) < 4.78 is 5.68. The van der Waals surface area contributed by atoms with Gasteiger partial charge in [-0.1, -0.05) is 0 Å². The summed E-state index contributed by atoms with van der Waals surface area (Å²) in [6.07, 6.45) is 7.26. The van der Waals surface area contributed by atoms with E-state index in [-0.39, 0.29) is 36.0 Å². The third kappa shape index (κ3) is 2.96. The van der Waals surface area contributed by atoms with Gasteiger partial charge in [0.25, 0.3) is 0 Å². The van der Waals surface area contributed by atoms with E-state index in [9.17, 15) is 9.59 Å². The standard InChI is InChI=1S/C19H30N2O3/c1-12-10-21(11-13(2)24-12)17(22)9-20-18(23)19-6-14-3-15(7-19)5-16(4-14)8-19/h12-16H,3-11H2,1-2H3,(H,20,23)/t12-,13-,14?,15?,16?,19?/m0/s1. The summed E-state index contributed by atoms with van der Waals surface area (Å²) in [6.45, 7) is 5.36. The van der Waals surface area contributed by atoms with Crippen molar-refractivity contribution in [2.45, 2.75) is 64.6 Å². The number of morpholine rings is 1. The molecule has 1 aliphatic heterocycles. The predicted octanol–water partition coefficient (Wildman–Crippen LogP) is 1.95. The van der Waals surface area contributed by atoms with Gasteiger partial charge in [0.15, 0.2) is 0 Å². The topological polar surface area (TPSA) is 58.6 Å². The maximum Gasteiger partial charge on any atom is 0.242 e. The Balaban J connectivity index is 1.34. The summed E-state index contributed by atoms with van der Waals surface area (Å²) in [7, 11) is 0. The molecule has 0 aromatic heterocycles. The molecule has 5 aliphatic rings. The molecule has 5 fully saturated rings. The van der Waals surface area contributed by atoms with Crippen LogP contribution in [0.1, 0.15) is 52.4 Å². The monoisotopic (exact) mass is 334 g/mol. The van der Waals surface area contributed by atoms with Crippen molar-refractivity contribution in [3.05, 3.63) is 0 Å². The fourth-order valence-electron chi connectivity index (χ4n) is 6.23. The van der Waals surface area contributed by atoms with Crippen molar-refractivity contribution in [1.29, 1.82) is 0 Å². The lowest BCUT2D eigenvalue weighted by Crippen LogP contribution is -2.56. The minimum absolute atomic E-state index is 0.0232. The summed E-state index contributed by atoms with van der Waals surface area (Å²) in [5.41, 5.74) is -0.166. The average molecular weight is 334 g/mol. The number of carbonyl (C=O) groups excluding carboxylic acids is 2. The zero-order chi connectivity index (χ0) is 16.9. The lowest BCUT2D eigenvalue weighted by atomic mass is 9.49. The van der Waals surface area contributed by atoms with Crippen LogP contribution >= 0.6 is 0 Å². The molecule has 5 rings (SSSR count). The van der Waals surface area contributed by atoms with E-state index in [1.807, 2.05) is 18.7 Å². The van der Waals surface area contributed by atoms with Crippen LogP contribution in [0.2, 0.25) is 0 Å². The van der Waals surface area contributed by atoms with Crippen LogP contribution in [0.3, 0.4) is 0 Å². The summed E-state index contributed by atoms with van der Waals surface area (Å²) in [5.74, 6) is 2.41. The van der Waals surface area contributed by atoms with Gasteiger partial charge in [0, 0.05) is 18.5 Å². The molecule has 2 atom stereocenters. The van der Waals surface area contributed by atoms with E-state index < -0.39 is 0 Å². The number of nitrogens with one attached hydrogen (secondary N) is 1. The van der Waals surface area contributed by atoms with E-state index in [2.05, 4.69) is 5.32 Å². The van der Waals surface area contributed by atoms with E-state index in [4.69, 9.17) is 4.74 Å². The second-order valence-electron chi connectivity index (χ2n) is 8.94. The van der Waals surface area contributed by atoms with Crippen molar-refractivity contribution in [3.8, 4) is 0 Å². The smallest absolute Gasteiger partial charge is 0.242 e. The van der Waals surface area contributed by atoms with Crippen LogP contribution in [0.4, 0.5) is 0 Å². The van der Waals surface area contributed by atoms with Crippen LogP contribution in [0.15, 0.2) is 0 Å². The van der Waals surface area contributed by atoms with Gasteiger partial charge in [0.05, 0.1) is 18.8 Å². The molecule has 24 heavy (non-hydrogen) atoms. The Morgan fingerprint density at radius 1 is 1.00 bits per heavy atom. The Labute approximate surface area is 144 Å². The van der Waals surface area contributed by atoms with Crippen molar-refractivity contribution in [2.75, 3.05) is 19.6 Å². The fourth-order valence-corrected chi connectivity index (χ4v) is 6.23. The molecule has 1 N–H and O–H groups in total. The van der Waals surface area contributed by atoms with Crippen LogP contribution in [0.5, 0.6) is 0 Å². The number of amides is 2. The Morgan fingerprint density at radius 3 is 2.00 bits per heavy atom. The van der Waals surface area contributed by atoms with Crippen molar-refractivity contribution in [1.82, 2.24) is 10.2 Å². The number of hydrogen-bond acceptors (Lipinski definition) is 3. The molecule has 4 saturated carbocycles. The first kappa shape index (κ1) is 16.4. The Bertz CT molecular complexity index is 487. The first-order chi connectivity index (χ1) is 11.4. The molecule has 1 saturated heterocycles. The Morgan fingerprint density at radius 2 is 1.50 bits per heavy atom. The molecule has 5 heteroatoms. The predicted molar refractivity (Wildman–Crippen MR) is 90.2 cm³/mol. The normalized spacial score (nSPS) is 43.8. The van der Waals surface area contributed by atoms with Gasteiger partial charge >= 0.3 is 0 Å². The molecule has 5 nitrogen and oxygen atoms in total. The van der Waals surface area contributed by atoms with Crippen LogP contribution < -0.4 is 5.32 Å². The minimum Gasteiger partial charge on any atom is -0.372 e. The molecule has 0 unspecified atom stereocenters. The van der Waals surface area contributed by atoms with Crippen molar-refractivity contribution in [3.63, 3.8) is 0 Å². The molecule has 0 aromatic carbocycles. The van der Waals surface area contributed by atoms with Gasteiger partial charge in [0.1, 0.15) is 0 Å². The first-order valence-electron chi connectivity index (χ1n) is 9.65. The largest absolute Gasteiger partial charge is 0.372 e. The van der Waals surface area contributed by atoms with Gasteiger partial charge in [-0.05, 0) is 70.1 Å². The van der Waals surface area contributed by atoms with Gasteiger partial charge < -0.3 is 15.0 Å². The molecule has 4 aliphatic carbocycles. The highest BCUT2D eigenvalue weighted by Crippen LogP contribution is 2.60. The van der Waals surface area contributed by atoms with Crippen LogP contribution in [0.25, 0.3) is 0 Å². The van der Waals surface area contributed by atoms with Crippen molar-refractivity contribution in [2.24, 2.45) is 23.2 Å². The van der Waals surface area contributed by atoms with E-state index in [1.165, 1.54) is 19.3 Å². The second kappa shape index (κ2) is 6.01. The fraction of sp³-hybridized carbons (Fsp3) is 0.895. The lowest BCUT2D eigenvalue weighted by Gasteiger charge is -2.55. The zero-order valence-electron chi connectivity index (χ0n) is 14.9. The maximum absolute atomic E-state index is 12.9. The molecule has 0 spiro atoms. The average Bonchev–Trinajstić information content (AvgIpc) is 2.50. The minimum atomic E-state index is -0.166. The zero-order valence-corrected chi connectivity index (χ0v) is 14.9. The Hall–Kier alpha value is -1.10. The quantitative estimate of drug-likeness (QED) is 0.858. The third-order valence-corrected chi connectivity index (χ3v) is 6.69. The summed E-state index contributed by atoms with van der Waals surface area (Å²) in [4.78, 5) is 27.2. The number of rotatable bonds is 3. The highest BCUT2D eigenvalue weighted by atomic mass is 16.5. The van der Waals surface area contributed by atoms with Gasteiger partial charge in [-0.15, -0.1) is 0 Å². The maximum atomic E-state index is 12.9. The van der Waals surface area contributed by atoms with Gasteiger partial charge in [-0.2, -0.15) is 0 Å². The number of nitrogens with zero attached hydrogens (tertiary/aromatic N) is 1. The molecular weight excluding hydrogens is 304 g/mol. The second-order valence-corrected chi connectivity index (χ2v) is 8.94. The van der Waals surface area contributed by atoms with E-state index >= 15 is 0 Å². The third-order valence-electron chi connectivity index (χ3n) is 6.69. The van der Waals surface area contributed by atoms with Crippen LogP contribution in [-0.2, 0) is 14.3 Å². The van der Waals surface area contributed by atoms with Crippen molar-refractivity contribution < 1.29 is 14.3 Å². The van der Waals surface area contributed by atoms with Crippen LogP contribution in [-0.4, -0.2) is 48.6 Å². The number of hydrogen-bond donors (Lipinski definition) is 1. The van der Waals surface area contributed by atoms with E-state index in [0.717, 1.165) is 37.0 Å². The molecule has 2 amide bonds. The molecular formula is C19H30N2O3. The summed E-state index contributed by atoms with van der Waals surface area (Å²) in [5, 5.41) is 3.00. The molecule has 134 valence electrons. The molecule has 4 bridgehead atoms. The summed E-state index contributed by atoms with van der Waals surface area (Å²) in [6, 6.07) is 0. The van der Waals surface area contributed by atoms with Gasteiger partial charge in [0.2, 0.25) is 11.8 Å². The number of ether oxygens (including phenoxy) is 1. The Kier molecular flexibility index (Phi) is 4.10. The van der Waals surface area contributed by atoms with E-state index in [1.54, 1.807) is 0 Å². The first-order valence-corrected chi connectivity index (χ1v) is 9.65. The van der Waals surface area contributed by atoms with Gasteiger partial charge in [-0.25, -0.2) is 0 Å². The molecule has 0 aromatic rings. The summed E-state index contributed by atoms with van der Waals surface area (Å²) >= 11 is 0. The van der Waals surface area contributed by atoms with Crippen molar-refractivity contribution >= 4 is 11.8 Å². The lowest BCUT2D eigenvalue weighted by molar-refractivity contribution is -0.150. The molecule has 1 heterocycles. The number of carbonyl (C=O) groups is 2. The highest BCUT2D eigenvalue weighted by Gasteiger charge is 2.54.